The Labute approximate surface area is 85.3 Å². The largest absolute Gasteiger partial charge is 0.512 e. The van der Waals surface area contributed by atoms with Crippen LogP contribution < -0.4 is 10.3 Å². The van der Waals surface area contributed by atoms with Crippen molar-refractivity contribution in [2.45, 2.75) is 11.0 Å². The first-order valence-electron chi connectivity index (χ1n) is 2.62. The van der Waals surface area contributed by atoms with E-state index in [0.29, 0.717) is 0 Å². The van der Waals surface area contributed by atoms with Gasteiger partial charge in [0.15, 0.2) is 0 Å². The predicted molar refractivity (Wildman–Crippen MR) is 39.1 cm³/mol. The van der Waals surface area contributed by atoms with Crippen LogP contribution in [0, 0.1) is 0 Å². The Morgan fingerprint density at radius 2 is 0.875 bits per heavy atom. The molecular formula is C2H5F6N2O4S2+. The number of quaternary nitrogens is 1. The molecule has 0 aliphatic rings. The lowest BCUT2D eigenvalue weighted by molar-refractivity contribution is -0.0476. The first-order valence-corrected chi connectivity index (χ1v) is 5.58. The highest BCUT2D eigenvalue weighted by atomic mass is 32.3. The highest BCUT2D eigenvalue weighted by Crippen LogP contribution is 2.27. The number of sulfonamides is 2. The van der Waals surface area contributed by atoms with Crippen LogP contribution in [0.15, 0.2) is 0 Å². The second kappa shape index (κ2) is 4.34. The summed E-state index contributed by atoms with van der Waals surface area (Å²) < 4.78 is 108. The van der Waals surface area contributed by atoms with Gasteiger partial charge in [-0.2, -0.15) is 26.3 Å². The Kier molecular flexibility index (Phi) is 4.83. The summed E-state index contributed by atoms with van der Waals surface area (Å²) in [6, 6.07) is 0. The molecule has 0 heterocycles. The Morgan fingerprint density at radius 1 is 0.688 bits per heavy atom. The van der Waals surface area contributed by atoms with Gasteiger partial charge in [-0.05, 0) is 0 Å². The number of nitrogens with one attached hydrogen (secondary N) is 1. The summed E-state index contributed by atoms with van der Waals surface area (Å²) in [5, 5.41) is 0. The van der Waals surface area contributed by atoms with E-state index in [9.17, 15) is 43.2 Å². The van der Waals surface area contributed by atoms with Crippen LogP contribution in [0.1, 0.15) is 0 Å². The maximum absolute atomic E-state index is 11.5. The van der Waals surface area contributed by atoms with Crippen LogP contribution in [0.2, 0.25) is 0 Å². The zero-order valence-electron chi connectivity index (χ0n) is 7.22. The topological polar surface area (TPSA) is 117 Å². The van der Waals surface area contributed by atoms with Crippen molar-refractivity contribution in [3.05, 3.63) is 0 Å². The SMILES string of the molecule is O=S(=O)(NS(=O)(=O)C(F)(F)F)C(F)(F)F.[NH4+]. The summed E-state index contributed by atoms with van der Waals surface area (Å²) in [6.45, 7) is 0. The van der Waals surface area contributed by atoms with Crippen LogP contribution in [0.25, 0.3) is 0 Å². The normalized spacial score (nSPS) is 14.4. The molecular weight excluding hydrogens is 294 g/mol. The molecule has 16 heavy (non-hydrogen) atoms. The number of rotatable bonds is 2. The molecule has 0 atom stereocenters. The molecule has 0 amide bonds. The number of hydrogen-bond acceptors (Lipinski definition) is 4. The van der Waals surface area contributed by atoms with Gasteiger partial charge in [0, 0.05) is 0 Å². The summed E-state index contributed by atoms with van der Waals surface area (Å²) >= 11 is 0. The van der Waals surface area contributed by atoms with Gasteiger partial charge in [-0.25, -0.2) is 16.8 Å². The van der Waals surface area contributed by atoms with Crippen LogP contribution in [0.4, 0.5) is 26.3 Å². The molecule has 0 rings (SSSR count). The van der Waals surface area contributed by atoms with Crippen molar-refractivity contribution in [3.63, 3.8) is 0 Å². The van der Waals surface area contributed by atoms with Crippen molar-refractivity contribution < 1.29 is 43.2 Å². The van der Waals surface area contributed by atoms with Crippen molar-refractivity contribution in [2.75, 3.05) is 0 Å². The van der Waals surface area contributed by atoms with E-state index in [4.69, 9.17) is 0 Å². The van der Waals surface area contributed by atoms with E-state index in [0.717, 1.165) is 0 Å². The lowest BCUT2D eigenvalue weighted by Crippen LogP contribution is -2.45. The Hall–Kier alpha value is -0.600. The third-order valence-corrected chi connectivity index (χ3v) is 3.80. The Bertz CT molecular complexity index is 388. The summed E-state index contributed by atoms with van der Waals surface area (Å²) in [5.41, 5.74) is -12.3. The smallest absolute Gasteiger partial charge is 0.369 e. The fourth-order valence-electron chi connectivity index (χ4n) is 0.239. The van der Waals surface area contributed by atoms with E-state index < -0.39 is 35.2 Å². The summed E-state index contributed by atoms with van der Waals surface area (Å²) in [7, 11) is -13.2. The minimum Gasteiger partial charge on any atom is -0.369 e. The standard InChI is InChI=1S/C2HF6NO4S2.H3N/c3-1(4,5)14(10,11)9-15(12,13)2(6,7)8;/h9H;1H3/p+1. The fourth-order valence-corrected chi connectivity index (χ4v) is 2.15. The second-order valence-corrected chi connectivity index (χ2v) is 5.59. The Morgan fingerprint density at radius 3 is 1.00 bits per heavy atom. The molecule has 0 bridgehead atoms. The van der Waals surface area contributed by atoms with Crippen LogP contribution in [0.5, 0.6) is 0 Å². The van der Waals surface area contributed by atoms with Gasteiger partial charge < -0.3 is 6.15 Å². The van der Waals surface area contributed by atoms with Crippen molar-refractivity contribution in [1.82, 2.24) is 10.3 Å². The molecule has 0 unspecified atom stereocenters. The van der Waals surface area contributed by atoms with Gasteiger partial charge in [0.05, 0.1) is 0 Å². The van der Waals surface area contributed by atoms with Gasteiger partial charge >= 0.3 is 31.1 Å². The quantitative estimate of drug-likeness (QED) is 0.728. The van der Waals surface area contributed by atoms with E-state index in [-0.39, 0.29) is 6.15 Å². The average Bonchev–Trinajstić information content (AvgIpc) is 1.77. The minimum absolute atomic E-state index is 0. The lowest BCUT2D eigenvalue weighted by Gasteiger charge is -2.11. The molecule has 0 aliphatic carbocycles. The zero-order chi connectivity index (χ0) is 12.7. The molecule has 0 radical (unpaired) electrons. The van der Waals surface area contributed by atoms with Crippen molar-refractivity contribution in [1.29, 1.82) is 0 Å². The van der Waals surface area contributed by atoms with Crippen molar-refractivity contribution in [3.8, 4) is 0 Å². The average molecular weight is 299 g/mol. The first-order chi connectivity index (χ1) is 6.21. The van der Waals surface area contributed by atoms with E-state index in [1.165, 1.54) is 0 Å². The lowest BCUT2D eigenvalue weighted by atomic mass is 11.6. The van der Waals surface area contributed by atoms with Crippen molar-refractivity contribution in [2.24, 2.45) is 0 Å². The maximum Gasteiger partial charge on any atom is 0.512 e. The van der Waals surface area contributed by atoms with Crippen LogP contribution >= 0.6 is 0 Å². The summed E-state index contributed by atoms with van der Waals surface area (Å²) in [5.74, 6) is 0. The molecule has 0 aromatic heterocycles. The maximum atomic E-state index is 11.5. The highest BCUT2D eigenvalue weighted by molar-refractivity contribution is 8.05. The molecule has 0 fully saturated rings. The predicted octanol–water partition coefficient (Wildman–Crippen LogP) is 0.651. The van der Waals surface area contributed by atoms with Crippen LogP contribution in [-0.2, 0) is 20.0 Å². The molecule has 100 valence electrons. The molecule has 0 saturated heterocycles. The van der Waals surface area contributed by atoms with Crippen LogP contribution in [0.3, 0.4) is 0 Å². The van der Waals surface area contributed by atoms with Gasteiger partial charge in [0.2, 0.25) is 0 Å². The van der Waals surface area contributed by atoms with Gasteiger partial charge in [-0.15, -0.1) is 0 Å². The van der Waals surface area contributed by atoms with E-state index >= 15 is 0 Å². The fraction of sp³-hybridized carbons (Fsp3) is 1.00. The monoisotopic (exact) mass is 299 g/mol. The van der Waals surface area contributed by atoms with Crippen LogP contribution in [-0.4, -0.2) is 27.9 Å². The summed E-state index contributed by atoms with van der Waals surface area (Å²) in [6.07, 6.45) is 0. The van der Waals surface area contributed by atoms with E-state index in [1.54, 1.807) is 0 Å². The Balaban J connectivity index is 0. The van der Waals surface area contributed by atoms with Crippen molar-refractivity contribution >= 4 is 20.0 Å². The third kappa shape index (κ3) is 3.76. The number of alkyl halides is 6. The van der Waals surface area contributed by atoms with Gasteiger partial charge in [-0.3, -0.25) is 0 Å². The highest BCUT2D eigenvalue weighted by Gasteiger charge is 2.55. The minimum atomic E-state index is -6.60. The molecule has 0 aromatic rings. The molecule has 14 heteroatoms. The molecule has 0 aromatic carbocycles. The van der Waals surface area contributed by atoms with E-state index in [1.807, 2.05) is 0 Å². The molecule has 0 aliphatic heterocycles. The van der Waals surface area contributed by atoms with Gasteiger partial charge in [0.25, 0.3) is 0 Å². The number of hydrogen-bond donors (Lipinski definition) is 2. The zero-order valence-corrected chi connectivity index (χ0v) is 8.85. The molecule has 0 saturated carbocycles. The number of halogens is 6. The molecule has 6 nitrogen and oxygen atoms in total. The van der Waals surface area contributed by atoms with Gasteiger partial charge in [0.1, 0.15) is 0 Å². The molecule has 0 spiro atoms. The summed E-state index contributed by atoms with van der Waals surface area (Å²) in [4.78, 5) is 0. The third-order valence-electron chi connectivity index (χ3n) is 0.829. The molecule has 5 N–H and O–H groups in total. The first kappa shape index (κ1) is 17.8. The van der Waals surface area contributed by atoms with Gasteiger partial charge in [-0.1, -0.05) is 4.13 Å². The van der Waals surface area contributed by atoms with E-state index in [2.05, 4.69) is 0 Å². The second-order valence-electron chi connectivity index (χ2n) is 1.98.